The van der Waals surface area contributed by atoms with E-state index in [-0.39, 0.29) is 17.1 Å². The standard InChI is InChI=1S/C22H22N4O2S/c1-22(2,3)17-8-6-16(7-9-17)20-25-26-21(28-20)29-14-19(27)24-18-10-4-15(5-11-18)12-13-23/h4-11H,12,14H2,1-3H3,(H,24,27). The van der Waals surface area contributed by atoms with Crippen molar-refractivity contribution in [2.75, 3.05) is 11.1 Å². The summed E-state index contributed by atoms with van der Waals surface area (Å²) < 4.78 is 5.67. The number of carbonyl (C=O) groups is 1. The zero-order chi connectivity index (χ0) is 20.9. The van der Waals surface area contributed by atoms with Gasteiger partial charge >= 0.3 is 0 Å². The van der Waals surface area contributed by atoms with Crippen molar-refractivity contribution in [2.45, 2.75) is 37.8 Å². The van der Waals surface area contributed by atoms with E-state index in [1.807, 2.05) is 24.3 Å². The van der Waals surface area contributed by atoms with Crippen LogP contribution in [0.5, 0.6) is 0 Å². The fraction of sp³-hybridized carbons (Fsp3) is 0.273. The first-order chi connectivity index (χ1) is 13.8. The normalized spacial score (nSPS) is 11.1. The molecule has 1 amide bonds. The summed E-state index contributed by atoms with van der Waals surface area (Å²) in [5, 5.41) is 19.9. The number of nitrogens with zero attached hydrogens (tertiary/aromatic N) is 3. The third kappa shape index (κ3) is 5.69. The number of rotatable bonds is 6. The highest BCUT2D eigenvalue weighted by Gasteiger charge is 2.15. The summed E-state index contributed by atoms with van der Waals surface area (Å²) >= 11 is 1.19. The molecule has 0 radical (unpaired) electrons. The van der Waals surface area contributed by atoms with Crippen LogP contribution in [0.15, 0.2) is 58.2 Å². The highest BCUT2D eigenvalue weighted by molar-refractivity contribution is 7.99. The number of benzene rings is 2. The summed E-state index contributed by atoms with van der Waals surface area (Å²) in [6, 6.07) is 17.3. The third-order valence-electron chi connectivity index (χ3n) is 4.25. The van der Waals surface area contributed by atoms with E-state index >= 15 is 0 Å². The maximum atomic E-state index is 12.1. The van der Waals surface area contributed by atoms with Crippen LogP contribution in [-0.2, 0) is 16.6 Å². The topological polar surface area (TPSA) is 91.8 Å². The molecule has 1 heterocycles. The Morgan fingerprint density at radius 1 is 1.10 bits per heavy atom. The molecule has 148 valence electrons. The molecular weight excluding hydrogens is 384 g/mol. The van der Waals surface area contributed by atoms with Crippen molar-refractivity contribution in [1.82, 2.24) is 10.2 Å². The van der Waals surface area contributed by atoms with Gasteiger partial charge in [0.1, 0.15) is 0 Å². The molecule has 3 aromatic rings. The summed E-state index contributed by atoms with van der Waals surface area (Å²) in [5.74, 6) is 0.420. The van der Waals surface area contributed by atoms with Gasteiger partial charge in [0.25, 0.3) is 5.22 Å². The van der Waals surface area contributed by atoms with Gasteiger partial charge < -0.3 is 9.73 Å². The summed E-state index contributed by atoms with van der Waals surface area (Å²) in [6.07, 6.45) is 0.350. The zero-order valence-corrected chi connectivity index (χ0v) is 17.4. The van der Waals surface area contributed by atoms with Crippen molar-refractivity contribution in [3.05, 3.63) is 59.7 Å². The van der Waals surface area contributed by atoms with Crippen LogP contribution >= 0.6 is 11.8 Å². The minimum Gasteiger partial charge on any atom is -0.411 e. The van der Waals surface area contributed by atoms with Crippen LogP contribution in [0.2, 0.25) is 0 Å². The second-order valence-electron chi connectivity index (χ2n) is 7.57. The first-order valence-electron chi connectivity index (χ1n) is 9.18. The van der Waals surface area contributed by atoms with E-state index < -0.39 is 0 Å². The molecule has 0 aliphatic rings. The molecule has 1 N–H and O–H groups in total. The smallest absolute Gasteiger partial charge is 0.277 e. The molecule has 1 aromatic heterocycles. The molecule has 0 atom stereocenters. The minimum absolute atomic E-state index is 0.0811. The lowest BCUT2D eigenvalue weighted by atomic mass is 9.87. The molecule has 0 fully saturated rings. The molecule has 0 saturated heterocycles. The number of nitrogens with one attached hydrogen (secondary N) is 1. The van der Waals surface area contributed by atoms with Gasteiger partial charge in [-0.15, -0.1) is 10.2 Å². The van der Waals surface area contributed by atoms with E-state index in [1.165, 1.54) is 17.3 Å². The van der Waals surface area contributed by atoms with Crippen molar-refractivity contribution in [1.29, 1.82) is 5.26 Å². The first kappa shape index (κ1) is 20.6. The lowest BCUT2D eigenvalue weighted by Gasteiger charge is -2.18. The van der Waals surface area contributed by atoms with Crippen molar-refractivity contribution in [3.63, 3.8) is 0 Å². The Bertz CT molecular complexity index is 1010. The molecule has 29 heavy (non-hydrogen) atoms. The maximum Gasteiger partial charge on any atom is 0.277 e. The fourth-order valence-electron chi connectivity index (χ4n) is 2.62. The summed E-state index contributed by atoms with van der Waals surface area (Å²) in [4.78, 5) is 12.1. The van der Waals surface area contributed by atoms with E-state index in [0.717, 1.165) is 11.1 Å². The van der Waals surface area contributed by atoms with Crippen LogP contribution < -0.4 is 5.32 Å². The second-order valence-corrected chi connectivity index (χ2v) is 8.50. The average molecular weight is 407 g/mol. The first-order valence-corrected chi connectivity index (χ1v) is 10.2. The van der Waals surface area contributed by atoms with Crippen molar-refractivity contribution in [3.8, 4) is 17.5 Å². The summed E-state index contributed by atoms with van der Waals surface area (Å²) in [7, 11) is 0. The molecule has 0 saturated carbocycles. The van der Waals surface area contributed by atoms with Crippen LogP contribution in [0.1, 0.15) is 31.9 Å². The van der Waals surface area contributed by atoms with Gasteiger partial charge in [-0.05, 0) is 40.8 Å². The predicted octanol–water partition coefficient (Wildman–Crippen LogP) is 4.83. The predicted molar refractivity (Wildman–Crippen MR) is 114 cm³/mol. The molecule has 0 unspecified atom stereocenters. The number of hydrogen-bond acceptors (Lipinski definition) is 6. The zero-order valence-electron chi connectivity index (χ0n) is 16.6. The highest BCUT2D eigenvalue weighted by Crippen LogP contribution is 2.27. The van der Waals surface area contributed by atoms with Crippen molar-refractivity contribution < 1.29 is 9.21 Å². The molecule has 3 rings (SSSR count). The SMILES string of the molecule is CC(C)(C)c1ccc(-c2nnc(SCC(=O)Nc3ccc(CC#N)cc3)o2)cc1. The molecule has 2 aromatic carbocycles. The number of hydrogen-bond donors (Lipinski definition) is 1. The van der Waals surface area contributed by atoms with Gasteiger partial charge in [-0.2, -0.15) is 5.26 Å². The Morgan fingerprint density at radius 3 is 2.41 bits per heavy atom. The lowest BCUT2D eigenvalue weighted by Crippen LogP contribution is -2.13. The average Bonchev–Trinajstić information content (AvgIpc) is 3.17. The highest BCUT2D eigenvalue weighted by atomic mass is 32.2. The lowest BCUT2D eigenvalue weighted by molar-refractivity contribution is -0.113. The van der Waals surface area contributed by atoms with E-state index in [9.17, 15) is 4.79 Å². The van der Waals surface area contributed by atoms with Gasteiger partial charge in [0.2, 0.25) is 11.8 Å². The number of nitriles is 1. The Labute approximate surface area is 174 Å². The van der Waals surface area contributed by atoms with Gasteiger partial charge in [0, 0.05) is 11.3 Å². The summed E-state index contributed by atoms with van der Waals surface area (Å²) in [6.45, 7) is 6.49. The Morgan fingerprint density at radius 2 is 1.79 bits per heavy atom. The molecule has 7 heteroatoms. The summed E-state index contributed by atoms with van der Waals surface area (Å²) in [5.41, 5.74) is 3.75. The van der Waals surface area contributed by atoms with Crippen LogP contribution in [-0.4, -0.2) is 21.9 Å². The van der Waals surface area contributed by atoms with E-state index in [4.69, 9.17) is 9.68 Å². The van der Waals surface area contributed by atoms with Gasteiger partial charge in [-0.25, -0.2) is 0 Å². The molecule has 0 spiro atoms. The van der Waals surface area contributed by atoms with Gasteiger partial charge in [0.05, 0.1) is 18.2 Å². The van der Waals surface area contributed by atoms with Gasteiger partial charge in [-0.1, -0.05) is 56.8 Å². The molecular formula is C22H22N4O2S. The third-order valence-corrected chi connectivity index (χ3v) is 5.07. The largest absolute Gasteiger partial charge is 0.411 e. The number of carbonyl (C=O) groups excluding carboxylic acids is 1. The van der Waals surface area contributed by atoms with Crippen molar-refractivity contribution >= 4 is 23.4 Å². The number of amides is 1. The molecule has 0 bridgehead atoms. The molecule has 0 aliphatic carbocycles. The van der Waals surface area contributed by atoms with E-state index in [2.05, 4.69) is 54.5 Å². The minimum atomic E-state index is -0.169. The quantitative estimate of drug-likeness (QED) is 0.590. The van der Waals surface area contributed by atoms with Gasteiger partial charge in [-0.3, -0.25) is 4.79 Å². The Balaban J connectivity index is 1.55. The Kier molecular flexibility index (Phi) is 6.35. The monoisotopic (exact) mass is 406 g/mol. The van der Waals surface area contributed by atoms with Crippen LogP contribution in [0.3, 0.4) is 0 Å². The van der Waals surface area contributed by atoms with E-state index in [1.54, 1.807) is 12.1 Å². The Hall–Kier alpha value is -3.11. The van der Waals surface area contributed by atoms with E-state index in [0.29, 0.717) is 23.2 Å². The number of aromatic nitrogens is 2. The van der Waals surface area contributed by atoms with Crippen molar-refractivity contribution in [2.24, 2.45) is 0 Å². The molecule has 0 aliphatic heterocycles. The van der Waals surface area contributed by atoms with Crippen LogP contribution in [0.25, 0.3) is 11.5 Å². The maximum absolute atomic E-state index is 12.1. The second kappa shape index (κ2) is 8.93. The van der Waals surface area contributed by atoms with Gasteiger partial charge in [0.15, 0.2) is 0 Å². The number of thioether (sulfide) groups is 1. The van der Waals surface area contributed by atoms with Crippen LogP contribution in [0.4, 0.5) is 5.69 Å². The fourth-order valence-corrected chi connectivity index (χ4v) is 3.18. The number of anilines is 1. The van der Waals surface area contributed by atoms with Crippen LogP contribution in [0, 0.1) is 11.3 Å². The molecule has 6 nitrogen and oxygen atoms in total.